The Labute approximate surface area is 120 Å². The van der Waals surface area contributed by atoms with Gasteiger partial charge in [0.2, 0.25) is 5.91 Å². The van der Waals surface area contributed by atoms with Crippen molar-refractivity contribution in [3.8, 4) is 0 Å². The summed E-state index contributed by atoms with van der Waals surface area (Å²) in [5, 5.41) is 6.24. The molecule has 5 heteroatoms. The van der Waals surface area contributed by atoms with Crippen molar-refractivity contribution < 1.29 is 4.79 Å². The second-order valence-corrected chi connectivity index (χ2v) is 5.39. The smallest absolute Gasteiger partial charge is 0.216 e. The van der Waals surface area contributed by atoms with Crippen LogP contribution in [0.15, 0.2) is 24.4 Å². The molecule has 20 heavy (non-hydrogen) atoms. The van der Waals surface area contributed by atoms with E-state index in [1.165, 1.54) is 6.42 Å². The lowest BCUT2D eigenvalue weighted by Crippen LogP contribution is -2.28. The standard InChI is InChI=1S/C15H24N4O/c1-13(20)16-8-4-9-19-10-6-14(12-19)11-18-15-5-2-3-7-17-15/h2-3,5,7,14H,4,6,8-12H2,1H3,(H,16,20)(H,17,18)/t14-/m0/s1. The van der Waals surface area contributed by atoms with Gasteiger partial charge in [0.1, 0.15) is 5.82 Å². The van der Waals surface area contributed by atoms with Gasteiger partial charge in [-0.3, -0.25) is 4.79 Å². The molecule has 1 fully saturated rings. The number of carbonyl (C=O) groups excluding carboxylic acids is 1. The maximum Gasteiger partial charge on any atom is 0.216 e. The zero-order valence-electron chi connectivity index (χ0n) is 12.1. The van der Waals surface area contributed by atoms with Gasteiger partial charge in [-0.15, -0.1) is 0 Å². The molecule has 2 heterocycles. The van der Waals surface area contributed by atoms with Crippen LogP contribution >= 0.6 is 0 Å². The van der Waals surface area contributed by atoms with E-state index in [1.54, 1.807) is 6.92 Å². The van der Waals surface area contributed by atoms with Crippen LogP contribution < -0.4 is 10.6 Å². The maximum atomic E-state index is 10.8. The number of hydrogen-bond donors (Lipinski definition) is 2. The predicted molar refractivity (Wildman–Crippen MR) is 80.6 cm³/mol. The molecule has 1 saturated heterocycles. The summed E-state index contributed by atoms with van der Waals surface area (Å²) >= 11 is 0. The van der Waals surface area contributed by atoms with Crippen LogP contribution in [0.25, 0.3) is 0 Å². The summed E-state index contributed by atoms with van der Waals surface area (Å²) in [5.74, 6) is 1.71. The van der Waals surface area contributed by atoms with E-state index in [0.717, 1.165) is 45.0 Å². The number of rotatable bonds is 7. The van der Waals surface area contributed by atoms with Gasteiger partial charge in [0.25, 0.3) is 0 Å². The van der Waals surface area contributed by atoms with E-state index in [9.17, 15) is 4.79 Å². The van der Waals surface area contributed by atoms with Crippen molar-refractivity contribution >= 4 is 11.7 Å². The molecule has 110 valence electrons. The molecule has 0 radical (unpaired) electrons. The number of aromatic nitrogens is 1. The van der Waals surface area contributed by atoms with Crippen molar-refractivity contribution in [1.82, 2.24) is 15.2 Å². The van der Waals surface area contributed by atoms with Gasteiger partial charge in [0, 0.05) is 32.8 Å². The lowest BCUT2D eigenvalue weighted by molar-refractivity contribution is -0.118. The maximum absolute atomic E-state index is 10.8. The molecule has 5 nitrogen and oxygen atoms in total. The number of carbonyl (C=O) groups is 1. The summed E-state index contributed by atoms with van der Waals surface area (Å²) in [6.45, 7) is 6.70. The van der Waals surface area contributed by atoms with Gasteiger partial charge in [-0.2, -0.15) is 0 Å². The Morgan fingerprint density at radius 2 is 2.40 bits per heavy atom. The fourth-order valence-corrected chi connectivity index (χ4v) is 2.57. The van der Waals surface area contributed by atoms with Crippen LogP contribution in [0.4, 0.5) is 5.82 Å². The van der Waals surface area contributed by atoms with Gasteiger partial charge in [0.15, 0.2) is 0 Å². The van der Waals surface area contributed by atoms with Crippen LogP contribution in [0.1, 0.15) is 19.8 Å². The Balaban J connectivity index is 1.59. The molecule has 2 rings (SSSR count). The van der Waals surface area contributed by atoms with Crippen LogP contribution in [0.3, 0.4) is 0 Å². The monoisotopic (exact) mass is 276 g/mol. The lowest BCUT2D eigenvalue weighted by Gasteiger charge is -2.16. The third-order valence-electron chi connectivity index (χ3n) is 3.63. The second-order valence-electron chi connectivity index (χ2n) is 5.39. The average Bonchev–Trinajstić information content (AvgIpc) is 2.90. The fraction of sp³-hybridized carbons (Fsp3) is 0.600. The van der Waals surface area contributed by atoms with E-state index in [2.05, 4.69) is 20.5 Å². The minimum atomic E-state index is 0.0591. The summed E-state index contributed by atoms with van der Waals surface area (Å²) < 4.78 is 0. The SMILES string of the molecule is CC(=O)NCCCN1CC[C@@H](CNc2ccccn2)C1. The molecule has 1 aliphatic heterocycles. The first-order valence-corrected chi connectivity index (χ1v) is 7.36. The normalized spacial score (nSPS) is 18.9. The van der Waals surface area contributed by atoms with Gasteiger partial charge >= 0.3 is 0 Å². The number of nitrogens with zero attached hydrogens (tertiary/aromatic N) is 2. The summed E-state index contributed by atoms with van der Waals surface area (Å²) in [4.78, 5) is 17.5. The van der Waals surface area contributed by atoms with E-state index >= 15 is 0 Å². The Morgan fingerprint density at radius 1 is 1.50 bits per heavy atom. The molecule has 0 bridgehead atoms. The number of amides is 1. The van der Waals surface area contributed by atoms with Gasteiger partial charge < -0.3 is 15.5 Å². The van der Waals surface area contributed by atoms with Crippen LogP contribution in [0, 0.1) is 5.92 Å². The lowest BCUT2D eigenvalue weighted by atomic mass is 10.1. The van der Waals surface area contributed by atoms with Crippen LogP contribution in [-0.2, 0) is 4.79 Å². The molecular formula is C15H24N4O. The largest absolute Gasteiger partial charge is 0.370 e. The Kier molecular flexibility index (Phi) is 5.80. The van der Waals surface area contributed by atoms with Crippen molar-refractivity contribution in [2.45, 2.75) is 19.8 Å². The third-order valence-corrected chi connectivity index (χ3v) is 3.63. The molecule has 1 amide bonds. The van der Waals surface area contributed by atoms with Crippen LogP contribution in [0.5, 0.6) is 0 Å². The number of hydrogen-bond acceptors (Lipinski definition) is 4. The number of anilines is 1. The zero-order chi connectivity index (χ0) is 14.2. The highest BCUT2D eigenvalue weighted by atomic mass is 16.1. The first kappa shape index (κ1) is 14.8. The van der Waals surface area contributed by atoms with Gasteiger partial charge in [-0.1, -0.05) is 6.07 Å². The fourth-order valence-electron chi connectivity index (χ4n) is 2.57. The number of likely N-dealkylation sites (tertiary alicyclic amines) is 1. The molecule has 0 spiro atoms. The average molecular weight is 276 g/mol. The Bertz CT molecular complexity index is 410. The molecule has 1 atom stereocenters. The third kappa shape index (κ3) is 5.17. The molecule has 2 N–H and O–H groups in total. The first-order chi connectivity index (χ1) is 9.74. The topological polar surface area (TPSA) is 57.3 Å². The van der Waals surface area contributed by atoms with E-state index < -0.39 is 0 Å². The molecule has 1 aromatic heterocycles. The van der Waals surface area contributed by atoms with E-state index in [-0.39, 0.29) is 5.91 Å². The molecule has 0 saturated carbocycles. The Morgan fingerprint density at radius 3 is 3.15 bits per heavy atom. The first-order valence-electron chi connectivity index (χ1n) is 7.36. The molecule has 0 aliphatic carbocycles. The van der Waals surface area contributed by atoms with Crippen molar-refractivity contribution in [1.29, 1.82) is 0 Å². The molecule has 1 aliphatic rings. The minimum Gasteiger partial charge on any atom is -0.370 e. The highest BCUT2D eigenvalue weighted by Gasteiger charge is 2.21. The van der Waals surface area contributed by atoms with E-state index in [0.29, 0.717) is 5.92 Å². The van der Waals surface area contributed by atoms with Crippen LogP contribution in [-0.4, -0.2) is 48.5 Å². The second kappa shape index (κ2) is 7.85. The molecule has 1 aromatic rings. The Hall–Kier alpha value is -1.62. The van der Waals surface area contributed by atoms with Gasteiger partial charge in [0.05, 0.1) is 0 Å². The van der Waals surface area contributed by atoms with Crippen molar-refractivity contribution in [2.75, 3.05) is 38.0 Å². The van der Waals surface area contributed by atoms with E-state index in [4.69, 9.17) is 0 Å². The van der Waals surface area contributed by atoms with Crippen molar-refractivity contribution in [3.05, 3.63) is 24.4 Å². The summed E-state index contributed by atoms with van der Waals surface area (Å²) in [6, 6.07) is 5.93. The highest BCUT2D eigenvalue weighted by molar-refractivity contribution is 5.72. The number of pyridine rings is 1. The van der Waals surface area contributed by atoms with E-state index in [1.807, 2.05) is 24.4 Å². The minimum absolute atomic E-state index is 0.0591. The highest BCUT2D eigenvalue weighted by Crippen LogP contribution is 2.16. The number of nitrogens with one attached hydrogen (secondary N) is 2. The van der Waals surface area contributed by atoms with Gasteiger partial charge in [-0.25, -0.2) is 4.98 Å². The molecular weight excluding hydrogens is 252 g/mol. The summed E-state index contributed by atoms with van der Waals surface area (Å²) in [7, 11) is 0. The molecule has 0 unspecified atom stereocenters. The van der Waals surface area contributed by atoms with Crippen molar-refractivity contribution in [2.24, 2.45) is 5.92 Å². The summed E-state index contributed by atoms with van der Waals surface area (Å²) in [6.07, 6.45) is 4.07. The molecule has 0 aromatic carbocycles. The quantitative estimate of drug-likeness (QED) is 0.738. The zero-order valence-corrected chi connectivity index (χ0v) is 12.1. The van der Waals surface area contributed by atoms with Crippen LogP contribution in [0.2, 0.25) is 0 Å². The van der Waals surface area contributed by atoms with Gasteiger partial charge in [-0.05, 0) is 44.0 Å². The predicted octanol–water partition coefficient (Wildman–Crippen LogP) is 1.34. The summed E-state index contributed by atoms with van der Waals surface area (Å²) in [5.41, 5.74) is 0. The van der Waals surface area contributed by atoms with Crippen molar-refractivity contribution in [3.63, 3.8) is 0 Å².